The molecular weight excluding hydrogens is 607 g/mol. The van der Waals surface area contributed by atoms with Crippen LogP contribution in [-0.2, 0) is 16.2 Å². The number of nitrogens with zero attached hydrogens (tertiary/aromatic N) is 1. The van der Waals surface area contributed by atoms with Gasteiger partial charge in [0.15, 0.2) is 0 Å². The van der Waals surface area contributed by atoms with Gasteiger partial charge in [0.1, 0.15) is 23.7 Å². The highest BCUT2D eigenvalue weighted by molar-refractivity contribution is 9.11. The smallest absolute Gasteiger partial charge is 0.335 e. The summed E-state index contributed by atoms with van der Waals surface area (Å²) in [7, 11) is 0. The Labute approximate surface area is 222 Å². The largest absolute Gasteiger partial charge is 0.487 e. The maximum atomic E-state index is 13.2. The van der Waals surface area contributed by atoms with Crippen molar-refractivity contribution in [3.05, 3.63) is 96.6 Å². The Morgan fingerprint density at radius 3 is 2.34 bits per heavy atom. The first-order chi connectivity index (χ1) is 16.6. The standard InChI is InChI=1S/C25H16Br2ClFN2O4/c1-13-2-5-16(28)11-21(13)31-24(33)18(23(32)30-25(31)34)8-15-9-19(26)22(20(27)10-15)35-12-14-3-6-17(29)7-4-14/h2-11H,12H2,1H3,(H,30,32,34)/b18-8+. The van der Waals surface area contributed by atoms with E-state index in [1.807, 2.05) is 0 Å². The lowest BCUT2D eigenvalue weighted by Crippen LogP contribution is -2.54. The molecule has 0 aromatic heterocycles. The molecule has 0 radical (unpaired) electrons. The molecule has 0 atom stereocenters. The minimum Gasteiger partial charge on any atom is -0.487 e. The van der Waals surface area contributed by atoms with Crippen LogP contribution in [0.3, 0.4) is 0 Å². The number of hydrogen-bond acceptors (Lipinski definition) is 4. The Hall–Kier alpha value is -3.01. The number of amides is 4. The van der Waals surface area contributed by atoms with Crippen molar-refractivity contribution >= 4 is 73.1 Å². The van der Waals surface area contributed by atoms with Crippen molar-refractivity contribution in [1.29, 1.82) is 0 Å². The molecule has 10 heteroatoms. The SMILES string of the molecule is Cc1ccc(Cl)cc1N1C(=O)NC(=O)/C(=C\c2cc(Br)c(OCc3ccc(F)cc3)c(Br)c2)C1=O. The van der Waals surface area contributed by atoms with Crippen molar-refractivity contribution in [3.63, 3.8) is 0 Å². The van der Waals surface area contributed by atoms with Crippen LogP contribution in [0.2, 0.25) is 5.02 Å². The molecule has 3 aromatic carbocycles. The fourth-order valence-electron chi connectivity index (χ4n) is 3.40. The van der Waals surface area contributed by atoms with Crippen LogP contribution in [0, 0.1) is 12.7 Å². The number of rotatable bonds is 5. The Balaban J connectivity index is 1.62. The van der Waals surface area contributed by atoms with Crippen LogP contribution in [0.4, 0.5) is 14.9 Å². The van der Waals surface area contributed by atoms with E-state index in [1.165, 1.54) is 24.3 Å². The van der Waals surface area contributed by atoms with Crippen LogP contribution in [0.5, 0.6) is 5.75 Å². The monoisotopic (exact) mass is 620 g/mol. The first-order valence-corrected chi connectivity index (χ1v) is 12.1. The van der Waals surface area contributed by atoms with Crippen LogP contribution in [0.1, 0.15) is 16.7 Å². The molecule has 0 saturated carbocycles. The van der Waals surface area contributed by atoms with E-state index >= 15 is 0 Å². The van der Waals surface area contributed by atoms with Gasteiger partial charge >= 0.3 is 6.03 Å². The lowest BCUT2D eigenvalue weighted by molar-refractivity contribution is -0.122. The van der Waals surface area contributed by atoms with E-state index in [0.29, 0.717) is 30.8 Å². The fourth-order valence-corrected chi connectivity index (χ4v) is 5.02. The zero-order valence-corrected chi connectivity index (χ0v) is 22.0. The second kappa shape index (κ2) is 10.3. The summed E-state index contributed by atoms with van der Waals surface area (Å²) in [6, 6.07) is 13.2. The third kappa shape index (κ3) is 5.47. The second-order valence-electron chi connectivity index (χ2n) is 7.62. The average molecular weight is 623 g/mol. The molecule has 1 fully saturated rings. The number of halogens is 4. The number of imide groups is 2. The van der Waals surface area contributed by atoms with E-state index in [2.05, 4.69) is 37.2 Å². The summed E-state index contributed by atoms with van der Waals surface area (Å²) in [5.74, 6) is -1.42. The van der Waals surface area contributed by atoms with Gasteiger partial charge < -0.3 is 4.74 Å². The van der Waals surface area contributed by atoms with Crippen molar-refractivity contribution in [2.45, 2.75) is 13.5 Å². The summed E-state index contributed by atoms with van der Waals surface area (Å²) in [5, 5.41) is 2.54. The maximum absolute atomic E-state index is 13.2. The van der Waals surface area contributed by atoms with Crippen molar-refractivity contribution in [3.8, 4) is 5.75 Å². The van der Waals surface area contributed by atoms with E-state index in [4.69, 9.17) is 16.3 Å². The van der Waals surface area contributed by atoms with Crippen LogP contribution >= 0.6 is 43.5 Å². The van der Waals surface area contributed by atoms with Crippen molar-refractivity contribution < 1.29 is 23.5 Å². The predicted molar refractivity (Wildman–Crippen MR) is 138 cm³/mol. The van der Waals surface area contributed by atoms with E-state index in [0.717, 1.165) is 10.5 Å². The van der Waals surface area contributed by atoms with Crippen LogP contribution in [-0.4, -0.2) is 17.8 Å². The zero-order valence-electron chi connectivity index (χ0n) is 18.1. The number of hydrogen-bond donors (Lipinski definition) is 1. The third-order valence-electron chi connectivity index (χ3n) is 5.14. The molecule has 0 unspecified atom stereocenters. The summed E-state index contributed by atoms with van der Waals surface area (Å²) >= 11 is 12.9. The van der Waals surface area contributed by atoms with Crippen LogP contribution in [0.15, 0.2) is 69.1 Å². The molecule has 3 aromatic rings. The molecule has 178 valence electrons. The van der Waals surface area contributed by atoms with Gasteiger partial charge in [-0.3, -0.25) is 14.9 Å². The number of barbiturate groups is 1. The minimum absolute atomic E-state index is 0.203. The molecule has 4 amide bonds. The van der Waals surface area contributed by atoms with Crippen molar-refractivity contribution in [2.75, 3.05) is 4.90 Å². The first kappa shape index (κ1) is 25.1. The highest BCUT2D eigenvalue weighted by atomic mass is 79.9. The number of carbonyl (C=O) groups is 3. The summed E-state index contributed by atoms with van der Waals surface area (Å²) in [4.78, 5) is 39.1. The maximum Gasteiger partial charge on any atom is 0.335 e. The van der Waals surface area contributed by atoms with Gasteiger partial charge in [-0.15, -0.1) is 0 Å². The van der Waals surface area contributed by atoms with Gasteiger partial charge in [0.25, 0.3) is 11.8 Å². The highest BCUT2D eigenvalue weighted by Crippen LogP contribution is 2.36. The van der Waals surface area contributed by atoms with E-state index in [9.17, 15) is 18.8 Å². The molecule has 1 N–H and O–H groups in total. The fraction of sp³-hybridized carbons (Fsp3) is 0.0800. The van der Waals surface area contributed by atoms with Gasteiger partial charge in [-0.1, -0.05) is 29.8 Å². The summed E-state index contributed by atoms with van der Waals surface area (Å²) in [6.07, 6.45) is 1.39. The molecular formula is C25H16Br2ClFN2O4. The van der Waals surface area contributed by atoms with Gasteiger partial charge in [-0.05, 0) is 97.9 Å². The molecule has 1 aliphatic heterocycles. The Bertz CT molecular complexity index is 1370. The molecule has 4 rings (SSSR count). The number of anilines is 1. The minimum atomic E-state index is -0.852. The first-order valence-electron chi connectivity index (χ1n) is 10.2. The van der Waals surface area contributed by atoms with E-state index in [-0.39, 0.29) is 23.7 Å². The summed E-state index contributed by atoms with van der Waals surface area (Å²) in [5.41, 5.74) is 1.99. The highest BCUT2D eigenvalue weighted by Gasteiger charge is 2.37. The number of carbonyl (C=O) groups excluding carboxylic acids is 3. The molecule has 6 nitrogen and oxygen atoms in total. The molecule has 1 heterocycles. The normalized spacial score (nSPS) is 14.9. The number of urea groups is 1. The quantitative estimate of drug-likeness (QED) is 0.259. The molecule has 0 aliphatic carbocycles. The number of ether oxygens (including phenoxy) is 1. The van der Waals surface area contributed by atoms with E-state index < -0.39 is 17.8 Å². The van der Waals surface area contributed by atoms with Crippen molar-refractivity contribution in [2.24, 2.45) is 0 Å². The zero-order chi connectivity index (χ0) is 25.3. The second-order valence-corrected chi connectivity index (χ2v) is 9.76. The number of nitrogens with one attached hydrogen (secondary N) is 1. The van der Waals surface area contributed by atoms with Gasteiger partial charge in [-0.2, -0.15) is 0 Å². The van der Waals surface area contributed by atoms with E-state index in [1.54, 1.807) is 43.3 Å². The molecule has 35 heavy (non-hydrogen) atoms. The Kier molecular flexibility index (Phi) is 7.39. The van der Waals surface area contributed by atoms with Crippen LogP contribution < -0.4 is 15.0 Å². The lowest BCUT2D eigenvalue weighted by atomic mass is 10.1. The lowest BCUT2D eigenvalue weighted by Gasteiger charge is -2.27. The summed E-state index contributed by atoms with van der Waals surface area (Å²) < 4.78 is 20.1. The van der Waals surface area contributed by atoms with Gasteiger partial charge in [0.2, 0.25) is 0 Å². The molecule has 0 spiro atoms. The van der Waals surface area contributed by atoms with Crippen molar-refractivity contribution in [1.82, 2.24) is 5.32 Å². The number of aryl methyl sites for hydroxylation is 1. The van der Waals surface area contributed by atoms with Gasteiger partial charge in [-0.25, -0.2) is 14.1 Å². The average Bonchev–Trinajstić information content (AvgIpc) is 2.79. The van der Waals surface area contributed by atoms with Crippen LogP contribution in [0.25, 0.3) is 6.08 Å². The Morgan fingerprint density at radius 1 is 1.03 bits per heavy atom. The predicted octanol–water partition coefficient (Wildman–Crippen LogP) is 6.56. The topological polar surface area (TPSA) is 75.7 Å². The molecule has 0 bridgehead atoms. The molecule has 1 aliphatic rings. The summed E-state index contributed by atoms with van der Waals surface area (Å²) in [6.45, 7) is 1.93. The van der Waals surface area contributed by atoms with Gasteiger partial charge in [0, 0.05) is 5.02 Å². The Morgan fingerprint density at radius 2 is 1.69 bits per heavy atom. The number of benzene rings is 3. The van der Waals surface area contributed by atoms with Gasteiger partial charge in [0.05, 0.1) is 14.6 Å². The third-order valence-corrected chi connectivity index (χ3v) is 6.55. The molecule has 1 saturated heterocycles.